The van der Waals surface area contributed by atoms with Crippen LogP contribution in [0.2, 0.25) is 5.02 Å². The Labute approximate surface area is 169 Å². The molecule has 0 unspecified atom stereocenters. The van der Waals surface area contributed by atoms with Gasteiger partial charge in [0, 0.05) is 38.8 Å². The maximum absolute atomic E-state index is 13.0. The highest BCUT2D eigenvalue weighted by Gasteiger charge is 2.47. The average Bonchev–Trinajstić information content (AvgIpc) is 3.01. The van der Waals surface area contributed by atoms with E-state index in [1.165, 1.54) is 4.90 Å². The van der Waals surface area contributed by atoms with Crippen LogP contribution in [-0.2, 0) is 9.53 Å². The zero-order valence-corrected chi connectivity index (χ0v) is 17.2. The molecule has 0 amide bonds. The van der Waals surface area contributed by atoms with Crippen molar-refractivity contribution in [2.75, 3.05) is 5.75 Å². The minimum absolute atomic E-state index is 0.107. The van der Waals surface area contributed by atoms with Gasteiger partial charge < -0.3 is 4.74 Å². The van der Waals surface area contributed by atoms with Gasteiger partial charge in [-0.1, -0.05) is 48.0 Å². The maximum atomic E-state index is 13.0. The predicted molar refractivity (Wildman–Crippen MR) is 111 cm³/mol. The van der Waals surface area contributed by atoms with Crippen LogP contribution in [-0.4, -0.2) is 29.1 Å². The molecule has 2 aromatic rings. The Hall–Kier alpha value is -1.78. The monoisotopic (exact) mass is 399 g/mol. The Kier molecular flexibility index (Phi) is 4.81. The Morgan fingerprint density at radius 3 is 2.59 bits per heavy atom. The molecule has 0 spiro atoms. The number of benzene rings is 2. The Bertz CT molecular complexity index is 919. The molecule has 0 aromatic heterocycles. The largest absolute Gasteiger partial charge is 0.458 e. The third-order valence-corrected chi connectivity index (χ3v) is 6.43. The van der Waals surface area contributed by atoms with Gasteiger partial charge in [-0.2, -0.15) is 0 Å². The lowest BCUT2D eigenvalue weighted by Gasteiger charge is -2.29. The normalized spacial score (nSPS) is 24.0. The number of esters is 1. The first-order valence-corrected chi connectivity index (χ1v) is 10.5. The molecule has 0 fully saturated rings. The fourth-order valence-corrected chi connectivity index (χ4v) is 5.33. The fourth-order valence-electron chi connectivity index (χ4n) is 3.85. The molecule has 0 radical (unpaired) electrons. The fraction of sp³-hybridized carbons (Fsp3) is 0.364. The number of ether oxygens (including phenoxy) is 1. The lowest BCUT2D eigenvalue weighted by atomic mass is 9.80. The second-order valence-corrected chi connectivity index (χ2v) is 9.42. The van der Waals surface area contributed by atoms with Crippen LogP contribution in [0.1, 0.15) is 37.8 Å². The summed E-state index contributed by atoms with van der Waals surface area (Å²) < 4.78 is 5.71. The van der Waals surface area contributed by atoms with Crippen LogP contribution in [0.25, 0.3) is 0 Å². The molecule has 0 saturated carbocycles. The Balaban J connectivity index is 1.80. The summed E-state index contributed by atoms with van der Waals surface area (Å²) in [7, 11) is 0. The van der Waals surface area contributed by atoms with Crippen LogP contribution >= 0.6 is 23.4 Å². The molecule has 2 aliphatic heterocycles. The van der Waals surface area contributed by atoms with E-state index < -0.39 is 11.6 Å². The van der Waals surface area contributed by atoms with Gasteiger partial charge >= 0.3 is 5.97 Å². The number of carbonyl (C=O) groups excluding carboxylic acids is 1. The Morgan fingerprint density at radius 1 is 1.15 bits per heavy atom. The smallest absolute Gasteiger partial charge is 0.332 e. The second-order valence-electron chi connectivity index (χ2n) is 7.95. The molecule has 5 heteroatoms. The van der Waals surface area contributed by atoms with E-state index in [1.807, 2.05) is 68.9 Å². The molecule has 27 heavy (non-hydrogen) atoms. The molecule has 3 atom stereocenters. The summed E-state index contributed by atoms with van der Waals surface area (Å²) in [6.45, 7) is 5.65. The van der Waals surface area contributed by atoms with Crippen LogP contribution in [0, 0.1) is 5.92 Å². The molecule has 0 aliphatic carbocycles. The van der Waals surface area contributed by atoms with E-state index in [-0.39, 0.29) is 17.8 Å². The molecule has 0 saturated heterocycles. The van der Waals surface area contributed by atoms with Gasteiger partial charge in [0.25, 0.3) is 0 Å². The lowest BCUT2D eigenvalue weighted by molar-refractivity contribution is -0.156. The molecule has 140 valence electrons. The average molecular weight is 400 g/mol. The number of rotatable bonds is 2. The second kappa shape index (κ2) is 6.99. The zero-order chi connectivity index (χ0) is 19.2. The highest BCUT2D eigenvalue weighted by atomic mass is 35.5. The zero-order valence-electron chi connectivity index (χ0n) is 15.6. The van der Waals surface area contributed by atoms with E-state index in [2.05, 4.69) is 12.1 Å². The molecule has 0 N–H and O–H groups in total. The van der Waals surface area contributed by atoms with Crippen molar-refractivity contribution in [1.29, 1.82) is 0 Å². The van der Waals surface area contributed by atoms with Crippen LogP contribution < -0.4 is 0 Å². The summed E-state index contributed by atoms with van der Waals surface area (Å²) >= 11 is 8.35. The number of thioether (sulfide) groups is 1. The third-order valence-electron chi connectivity index (χ3n) is 4.90. The highest BCUT2D eigenvalue weighted by Crippen LogP contribution is 2.47. The van der Waals surface area contributed by atoms with Crippen molar-refractivity contribution < 1.29 is 9.53 Å². The standard InChI is InChI=1S/C22H22ClNO2S/c1-22(2,3)26-21(25)20-18(13-8-4-6-10-16(13)23)15-12-27-17-11-7-5-9-14(17)19(15)24-20/h4-11,15,18,20H,12H2,1-3H3/t15-,18-,20-/m1/s1. The Morgan fingerprint density at radius 2 is 1.85 bits per heavy atom. The molecular formula is C22H22ClNO2S. The molecule has 4 rings (SSSR count). The minimum atomic E-state index is -0.573. The molecule has 0 bridgehead atoms. The summed E-state index contributed by atoms with van der Waals surface area (Å²) in [5.74, 6) is 0.633. The van der Waals surface area contributed by atoms with E-state index in [0.29, 0.717) is 5.02 Å². The summed E-state index contributed by atoms with van der Waals surface area (Å²) in [6, 6.07) is 15.5. The van der Waals surface area contributed by atoms with Crippen molar-refractivity contribution >= 4 is 35.0 Å². The first-order chi connectivity index (χ1) is 12.8. The van der Waals surface area contributed by atoms with E-state index >= 15 is 0 Å². The minimum Gasteiger partial charge on any atom is -0.458 e. The predicted octanol–water partition coefficient (Wildman–Crippen LogP) is 5.36. The van der Waals surface area contributed by atoms with Crippen LogP contribution in [0.5, 0.6) is 0 Å². The van der Waals surface area contributed by atoms with Gasteiger partial charge in [-0.25, -0.2) is 4.79 Å². The summed E-state index contributed by atoms with van der Waals surface area (Å²) in [5, 5.41) is 0.677. The van der Waals surface area contributed by atoms with Gasteiger partial charge in [0.2, 0.25) is 0 Å². The van der Waals surface area contributed by atoms with Gasteiger partial charge in [0.15, 0.2) is 6.04 Å². The van der Waals surface area contributed by atoms with Crippen molar-refractivity contribution in [3.8, 4) is 0 Å². The number of hydrogen-bond donors (Lipinski definition) is 0. The van der Waals surface area contributed by atoms with Crippen molar-refractivity contribution in [1.82, 2.24) is 0 Å². The first-order valence-electron chi connectivity index (χ1n) is 9.12. The number of fused-ring (bicyclic) bond motifs is 3. The van der Waals surface area contributed by atoms with Crippen LogP contribution in [0.15, 0.2) is 58.4 Å². The summed E-state index contributed by atoms with van der Waals surface area (Å²) in [4.78, 5) is 19.2. The highest BCUT2D eigenvalue weighted by molar-refractivity contribution is 7.99. The lowest BCUT2D eigenvalue weighted by Crippen LogP contribution is -2.35. The van der Waals surface area contributed by atoms with Gasteiger partial charge in [-0.15, -0.1) is 11.8 Å². The van der Waals surface area contributed by atoms with Crippen molar-refractivity contribution in [2.45, 2.75) is 43.2 Å². The number of aliphatic imine (C=N–C) groups is 1. The van der Waals surface area contributed by atoms with Gasteiger partial charge in [-0.3, -0.25) is 4.99 Å². The quantitative estimate of drug-likeness (QED) is 0.638. The SMILES string of the molecule is CC(C)(C)OC(=O)[C@@H]1N=C2c3ccccc3SC[C@@H]2[C@H]1c1ccccc1Cl. The van der Waals surface area contributed by atoms with Gasteiger partial charge in [-0.05, 0) is 38.5 Å². The number of halogens is 1. The molecule has 2 heterocycles. The topological polar surface area (TPSA) is 38.7 Å². The van der Waals surface area contributed by atoms with Crippen LogP contribution in [0.4, 0.5) is 0 Å². The molecule has 2 aromatic carbocycles. The first kappa shape index (κ1) is 18.6. The van der Waals surface area contributed by atoms with Crippen molar-refractivity contribution in [3.05, 3.63) is 64.7 Å². The van der Waals surface area contributed by atoms with Crippen molar-refractivity contribution in [2.24, 2.45) is 10.9 Å². The number of nitrogens with zero attached hydrogens (tertiary/aromatic N) is 1. The van der Waals surface area contributed by atoms with E-state index in [4.69, 9.17) is 21.3 Å². The molecular weight excluding hydrogens is 378 g/mol. The summed E-state index contributed by atoms with van der Waals surface area (Å²) in [5.41, 5.74) is 2.55. The number of hydrogen-bond acceptors (Lipinski definition) is 4. The van der Waals surface area contributed by atoms with Crippen LogP contribution in [0.3, 0.4) is 0 Å². The number of carbonyl (C=O) groups is 1. The van der Waals surface area contributed by atoms with E-state index in [9.17, 15) is 4.79 Å². The van der Waals surface area contributed by atoms with Gasteiger partial charge in [0.05, 0.1) is 0 Å². The maximum Gasteiger partial charge on any atom is 0.332 e. The summed E-state index contributed by atoms with van der Waals surface area (Å²) in [6.07, 6.45) is 0. The van der Waals surface area contributed by atoms with Gasteiger partial charge in [0.1, 0.15) is 5.60 Å². The van der Waals surface area contributed by atoms with E-state index in [0.717, 1.165) is 22.6 Å². The van der Waals surface area contributed by atoms with E-state index in [1.54, 1.807) is 0 Å². The molecule has 3 nitrogen and oxygen atoms in total. The molecule has 2 aliphatic rings. The van der Waals surface area contributed by atoms with Crippen molar-refractivity contribution in [3.63, 3.8) is 0 Å². The third kappa shape index (κ3) is 3.53.